The van der Waals surface area contributed by atoms with Gasteiger partial charge < -0.3 is 10.8 Å². The molecule has 1 aliphatic rings. The van der Waals surface area contributed by atoms with Gasteiger partial charge in [0, 0.05) is 11.6 Å². The molecule has 0 saturated heterocycles. The van der Waals surface area contributed by atoms with Crippen LogP contribution < -0.4 is 5.73 Å². The Kier molecular flexibility index (Phi) is 2.91. The fourth-order valence-electron chi connectivity index (χ4n) is 2.64. The second-order valence-corrected chi connectivity index (χ2v) is 4.50. The zero-order chi connectivity index (χ0) is 12.5. The molecule has 1 fully saturated rings. The Morgan fingerprint density at radius 3 is 2.53 bits per heavy atom. The van der Waals surface area contributed by atoms with Gasteiger partial charge in [0.05, 0.1) is 0 Å². The van der Waals surface area contributed by atoms with E-state index >= 15 is 0 Å². The lowest BCUT2D eigenvalue weighted by Crippen LogP contribution is -2.47. The minimum atomic E-state index is -0.937. The molecule has 0 aliphatic heterocycles. The summed E-state index contributed by atoms with van der Waals surface area (Å²) in [5.74, 6) is 1.68. The predicted octanol–water partition coefficient (Wildman–Crippen LogP) is 1.50. The summed E-state index contributed by atoms with van der Waals surface area (Å²) in [6.45, 7) is 0. The molecular formula is C14H15NO2. The van der Waals surface area contributed by atoms with Gasteiger partial charge in [0.15, 0.2) is 0 Å². The van der Waals surface area contributed by atoms with E-state index in [1.165, 1.54) is 0 Å². The van der Waals surface area contributed by atoms with Crippen molar-refractivity contribution < 1.29 is 9.90 Å². The third-order valence-electron chi connectivity index (χ3n) is 3.67. The van der Waals surface area contributed by atoms with E-state index in [1.807, 2.05) is 0 Å². The van der Waals surface area contributed by atoms with Gasteiger partial charge in [-0.15, -0.1) is 6.42 Å². The van der Waals surface area contributed by atoms with Crippen molar-refractivity contribution in [2.75, 3.05) is 0 Å². The SMILES string of the molecule is C#Cc1ccc(C2(C(=O)O)CCCC2N)cc1. The Balaban J connectivity index is 2.47. The normalized spacial score (nSPS) is 27.6. The molecule has 2 rings (SSSR count). The van der Waals surface area contributed by atoms with E-state index < -0.39 is 11.4 Å². The summed E-state index contributed by atoms with van der Waals surface area (Å²) >= 11 is 0. The monoisotopic (exact) mass is 229 g/mol. The van der Waals surface area contributed by atoms with Gasteiger partial charge in [0.1, 0.15) is 5.41 Å². The summed E-state index contributed by atoms with van der Waals surface area (Å²) in [6, 6.07) is 6.79. The van der Waals surface area contributed by atoms with Crippen LogP contribution in [0.4, 0.5) is 0 Å². The maximum Gasteiger partial charge on any atom is 0.315 e. The number of carbonyl (C=O) groups is 1. The first-order chi connectivity index (χ1) is 8.11. The average molecular weight is 229 g/mol. The van der Waals surface area contributed by atoms with Crippen LogP contribution in [-0.2, 0) is 10.2 Å². The van der Waals surface area contributed by atoms with E-state index in [0.29, 0.717) is 6.42 Å². The van der Waals surface area contributed by atoms with Gasteiger partial charge in [-0.3, -0.25) is 4.79 Å². The molecule has 1 saturated carbocycles. The van der Waals surface area contributed by atoms with Gasteiger partial charge in [-0.2, -0.15) is 0 Å². The van der Waals surface area contributed by atoms with Crippen LogP contribution >= 0.6 is 0 Å². The second kappa shape index (κ2) is 4.23. The first-order valence-electron chi connectivity index (χ1n) is 5.67. The number of carboxylic acid groups (broad SMARTS) is 1. The summed E-state index contributed by atoms with van der Waals surface area (Å²) in [4.78, 5) is 11.6. The zero-order valence-electron chi connectivity index (χ0n) is 9.52. The van der Waals surface area contributed by atoms with Crippen molar-refractivity contribution in [3.05, 3.63) is 35.4 Å². The number of rotatable bonds is 2. The molecule has 0 amide bonds. The van der Waals surface area contributed by atoms with E-state index in [4.69, 9.17) is 12.2 Å². The molecule has 1 aliphatic carbocycles. The molecule has 0 bridgehead atoms. The Hall–Kier alpha value is -1.79. The lowest BCUT2D eigenvalue weighted by atomic mass is 9.76. The number of hydrogen-bond donors (Lipinski definition) is 2. The topological polar surface area (TPSA) is 63.3 Å². The molecule has 0 radical (unpaired) electrons. The number of terminal acetylenes is 1. The van der Waals surface area contributed by atoms with Gasteiger partial charge >= 0.3 is 5.97 Å². The van der Waals surface area contributed by atoms with Crippen LogP contribution in [0.2, 0.25) is 0 Å². The summed E-state index contributed by atoms with van der Waals surface area (Å²) in [5, 5.41) is 9.49. The highest BCUT2D eigenvalue weighted by Gasteiger charge is 2.48. The highest BCUT2D eigenvalue weighted by Crippen LogP contribution is 2.40. The Bertz CT molecular complexity index is 472. The number of hydrogen-bond acceptors (Lipinski definition) is 2. The molecule has 2 atom stereocenters. The van der Waals surface area contributed by atoms with Gasteiger partial charge in [0.25, 0.3) is 0 Å². The molecule has 0 aromatic heterocycles. The fourth-order valence-corrected chi connectivity index (χ4v) is 2.64. The quantitative estimate of drug-likeness (QED) is 0.755. The molecule has 17 heavy (non-hydrogen) atoms. The van der Waals surface area contributed by atoms with Crippen LogP contribution in [0, 0.1) is 12.3 Å². The van der Waals surface area contributed by atoms with E-state index in [0.717, 1.165) is 24.0 Å². The van der Waals surface area contributed by atoms with Crippen LogP contribution in [0.15, 0.2) is 24.3 Å². The van der Waals surface area contributed by atoms with Crippen molar-refractivity contribution in [1.29, 1.82) is 0 Å². The van der Waals surface area contributed by atoms with E-state index in [1.54, 1.807) is 24.3 Å². The van der Waals surface area contributed by atoms with Gasteiger partial charge in [-0.1, -0.05) is 24.5 Å². The predicted molar refractivity (Wildman–Crippen MR) is 65.5 cm³/mol. The zero-order valence-corrected chi connectivity index (χ0v) is 9.52. The number of benzene rings is 1. The highest BCUT2D eigenvalue weighted by molar-refractivity contribution is 5.83. The van der Waals surface area contributed by atoms with E-state index in [2.05, 4.69) is 5.92 Å². The molecule has 3 heteroatoms. The van der Waals surface area contributed by atoms with Crippen molar-refractivity contribution in [2.24, 2.45) is 5.73 Å². The number of aliphatic carboxylic acids is 1. The Labute approximate surface area is 101 Å². The lowest BCUT2D eigenvalue weighted by Gasteiger charge is -2.29. The molecule has 3 nitrogen and oxygen atoms in total. The molecule has 0 spiro atoms. The molecule has 2 unspecified atom stereocenters. The third-order valence-corrected chi connectivity index (χ3v) is 3.67. The van der Waals surface area contributed by atoms with Crippen molar-refractivity contribution in [2.45, 2.75) is 30.7 Å². The van der Waals surface area contributed by atoms with Gasteiger partial charge in [-0.25, -0.2) is 0 Å². The average Bonchev–Trinajstić information content (AvgIpc) is 2.72. The standard InChI is InChI=1S/C14H15NO2/c1-2-10-5-7-11(8-6-10)14(13(16)17)9-3-4-12(14)15/h1,5-8,12H,3-4,9,15H2,(H,16,17). The first-order valence-corrected chi connectivity index (χ1v) is 5.67. The molecule has 0 heterocycles. The van der Waals surface area contributed by atoms with Gasteiger partial charge in [-0.05, 0) is 30.5 Å². The molecule has 3 N–H and O–H groups in total. The Morgan fingerprint density at radius 2 is 2.12 bits per heavy atom. The first kappa shape index (κ1) is 11.7. The largest absolute Gasteiger partial charge is 0.481 e. The lowest BCUT2D eigenvalue weighted by molar-refractivity contribution is -0.144. The summed E-state index contributed by atoms with van der Waals surface area (Å²) in [5.41, 5.74) is 6.57. The van der Waals surface area contributed by atoms with Crippen molar-refractivity contribution >= 4 is 5.97 Å². The smallest absolute Gasteiger partial charge is 0.315 e. The molecule has 1 aromatic rings. The van der Waals surface area contributed by atoms with Crippen molar-refractivity contribution in [3.63, 3.8) is 0 Å². The van der Waals surface area contributed by atoms with Crippen LogP contribution in [-0.4, -0.2) is 17.1 Å². The van der Waals surface area contributed by atoms with E-state index in [9.17, 15) is 9.90 Å². The summed E-state index contributed by atoms with van der Waals surface area (Å²) in [6.07, 6.45) is 7.48. The highest BCUT2D eigenvalue weighted by atomic mass is 16.4. The molecular weight excluding hydrogens is 214 g/mol. The van der Waals surface area contributed by atoms with Gasteiger partial charge in [0.2, 0.25) is 0 Å². The third kappa shape index (κ3) is 1.71. The van der Waals surface area contributed by atoms with Crippen molar-refractivity contribution in [3.8, 4) is 12.3 Å². The summed E-state index contributed by atoms with van der Waals surface area (Å²) in [7, 11) is 0. The summed E-state index contributed by atoms with van der Waals surface area (Å²) < 4.78 is 0. The van der Waals surface area contributed by atoms with Crippen LogP contribution in [0.3, 0.4) is 0 Å². The van der Waals surface area contributed by atoms with Crippen LogP contribution in [0.25, 0.3) is 0 Å². The molecule has 1 aromatic carbocycles. The van der Waals surface area contributed by atoms with E-state index in [-0.39, 0.29) is 6.04 Å². The minimum Gasteiger partial charge on any atom is -0.481 e. The van der Waals surface area contributed by atoms with Crippen LogP contribution in [0.5, 0.6) is 0 Å². The number of carboxylic acids is 1. The van der Waals surface area contributed by atoms with Crippen molar-refractivity contribution in [1.82, 2.24) is 0 Å². The minimum absolute atomic E-state index is 0.323. The second-order valence-electron chi connectivity index (χ2n) is 4.50. The maximum absolute atomic E-state index is 11.6. The molecule has 88 valence electrons. The van der Waals surface area contributed by atoms with Crippen LogP contribution in [0.1, 0.15) is 30.4 Å². The Morgan fingerprint density at radius 1 is 1.47 bits per heavy atom. The number of nitrogens with two attached hydrogens (primary N) is 1. The fraction of sp³-hybridized carbons (Fsp3) is 0.357. The maximum atomic E-state index is 11.6.